The van der Waals surface area contributed by atoms with Crippen molar-refractivity contribution in [2.24, 2.45) is 11.8 Å². The molecule has 9 nitrogen and oxygen atoms in total. The minimum absolute atomic E-state index is 0.0130. The Bertz CT molecular complexity index is 1720. The second-order valence-corrected chi connectivity index (χ2v) is 16.2. The number of Topliss-reactive ketones (excluding diaryl/α,β-unsaturated/α-hetero) is 1. The summed E-state index contributed by atoms with van der Waals surface area (Å²) in [7, 11) is -6.80. The second kappa shape index (κ2) is 11.2. The maximum Gasteiger partial charge on any atom is 0.276 e. The fourth-order valence-corrected chi connectivity index (χ4v) is 9.49. The zero-order chi connectivity index (χ0) is 29.6. The Morgan fingerprint density at radius 3 is 2.48 bits per heavy atom. The molecule has 2 fully saturated rings. The minimum atomic E-state index is -3.79. The summed E-state index contributed by atoms with van der Waals surface area (Å²) in [6.07, 6.45) is 7.91. The molecule has 1 saturated heterocycles. The third-order valence-electron chi connectivity index (χ3n) is 9.33. The molecule has 1 aliphatic carbocycles. The van der Waals surface area contributed by atoms with E-state index in [0.29, 0.717) is 50.3 Å². The van der Waals surface area contributed by atoms with E-state index in [9.17, 15) is 26.4 Å². The average molecular weight is 613 g/mol. The van der Waals surface area contributed by atoms with E-state index >= 15 is 0 Å². The van der Waals surface area contributed by atoms with Crippen LogP contribution >= 0.6 is 0 Å². The Kier molecular flexibility index (Phi) is 7.78. The number of nitrogens with zero attached hydrogens (tertiary/aromatic N) is 2. The van der Waals surface area contributed by atoms with Crippen LogP contribution in [0.5, 0.6) is 0 Å². The average Bonchev–Trinajstić information content (AvgIpc) is 3.62. The number of carbonyl (C=O) groups is 2. The highest BCUT2D eigenvalue weighted by molar-refractivity contribution is 7.91. The molecule has 0 N–H and O–H groups in total. The zero-order valence-corrected chi connectivity index (χ0v) is 25.3. The molecule has 224 valence electrons. The monoisotopic (exact) mass is 612 g/mol. The molecule has 1 aromatic heterocycles. The predicted octanol–water partition coefficient (Wildman–Crippen LogP) is 4.60. The van der Waals surface area contributed by atoms with Gasteiger partial charge in [-0.25, -0.2) is 16.8 Å². The highest BCUT2D eigenvalue weighted by atomic mass is 32.2. The number of benzene rings is 2. The van der Waals surface area contributed by atoms with Gasteiger partial charge in [0.15, 0.2) is 0 Å². The summed E-state index contributed by atoms with van der Waals surface area (Å²) in [5.41, 5.74) is 2.31. The first-order valence-electron chi connectivity index (χ1n) is 14.7. The van der Waals surface area contributed by atoms with Crippen molar-refractivity contribution in [1.82, 2.24) is 4.31 Å². The lowest BCUT2D eigenvalue weighted by molar-refractivity contribution is -0.123. The summed E-state index contributed by atoms with van der Waals surface area (Å²) in [6, 6.07) is 12.4. The molecule has 1 saturated carbocycles. The van der Waals surface area contributed by atoms with E-state index in [4.69, 9.17) is 4.42 Å². The zero-order valence-electron chi connectivity index (χ0n) is 23.7. The first-order valence-corrected chi connectivity index (χ1v) is 18.0. The Hall–Kier alpha value is -3.02. The lowest BCUT2D eigenvalue weighted by Crippen LogP contribution is -2.42. The van der Waals surface area contributed by atoms with Crippen molar-refractivity contribution in [2.75, 3.05) is 30.8 Å². The van der Waals surface area contributed by atoms with Crippen LogP contribution < -0.4 is 4.90 Å². The van der Waals surface area contributed by atoms with Gasteiger partial charge >= 0.3 is 0 Å². The topological polar surface area (TPSA) is 122 Å². The number of hydrogen-bond donors (Lipinski definition) is 0. The summed E-state index contributed by atoms with van der Waals surface area (Å²) < 4.78 is 56.2. The predicted molar refractivity (Wildman–Crippen MR) is 160 cm³/mol. The van der Waals surface area contributed by atoms with E-state index in [1.807, 2.05) is 35.2 Å². The molecule has 42 heavy (non-hydrogen) atoms. The molecular formula is C31H36N2O7S2. The summed E-state index contributed by atoms with van der Waals surface area (Å²) in [6.45, 7) is 1.05. The third kappa shape index (κ3) is 5.42. The fraction of sp³-hybridized carbons (Fsp3) is 0.484. The molecule has 1 unspecified atom stereocenters. The van der Waals surface area contributed by atoms with Crippen molar-refractivity contribution in [1.29, 1.82) is 0 Å². The molecule has 11 heteroatoms. The SMILES string of the molecule is CS(=O)(=O)C1CCC(CCN2C(=O)c3cccc4c(CC(=O)C5CCCN(S(=O)(=O)c6ccco6)C5)ccc2c34)CC1. The van der Waals surface area contributed by atoms with Crippen molar-refractivity contribution < 1.29 is 30.8 Å². The number of sulfone groups is 1. The van der Waals surface area contributed by atoms with E-state index in [1.54, 1.807) is 0 Å². The van der Waals surface area contributed by atoms with Crippen molar-refractivity contribution in [3.8, 4) is 0 Å². The highest BCUT2D eigenvalue weighted by Gasteiger charge is 2.36. The van der Waals surface area contributed by atoms with E-state index < -0.39 is 25.8 Å². The van der Waals surface area contributed by atoms with Gasteiger partial charge in [0.1, 0.15) is 15.6 Å². The number of rotatable bonds is 9. The van der Waals surface area contributed by atoms with Crippen molar-refractivity contribution >= 4 is 48.0 Å². The molecule has 1 amide bonds. The van der Waals surface area contributed by atoms with Gasteiger partial charge in [-0.3, -0.25) is 9.59 Å². The summed E-state index contributed by atoms with van der Waals surface area (Å²) in [5, 5.41) is 1.37. The first kappa shape index (κ1) is 29.1. The molecule has 2 aromatic carbocycles. The molecule has 6 rings (SSSR count). The van der Waals surface area contributed by atoms with Crippen LogP contribution in [0.1, 0.15) is 60.9 Å². The van der Waals surface area contributed by atoms with Crippen molar-refractivity contribution in [3.05, 3.63) is 59.9 Å². The Balaban J connectivity index is 1.16. The van der Waals surface area contributed by atoms with E-state index in [1.165, 1.54) is 29.0 Å². The molecule has 0 spiro atoms. The number of ketones is 1. The summed E-state index contributed by atoms with van der Waals surface area (Å²) in [4.78, 5) is 28.8. The Morgan fingerprint density at radius 2 is 1.76 bits per heavy atom. The molecule has 0 radical (unpaired) electrons. The maximum absolute atomic E-state index is 13.5. The van der Waals surface area contributed by atoms with Gasteiger partial charge in [-0.05, 0) is 86.1 Å². The van der Waals surface area contributed by atoms with Crippen LogP contribution in [0.2, 0.25) is 0 Å². The Morgan fingerprint density at radius 1 is 0.976 bits per heavy atom. The van der Waals surface area contributed by atoms with Gasteiger partial charge in [0.25, 0.3) is 15.9 Å². The molecular weight excluding hydrogens is 576 g/mol. The molecule has 0 bridgehead atoms. The highest BCUT2D eigenvalue weighted by Crippen LogP contribution is 2.40. The van der Waals surface area contributed by atoms with Crippen LogP contribution in [0, 0.1) is 11.8 Å². The standard InChI is InChI=1S/C31H36N2O7S2/c1-41(36,37)24-12-9-21(10-13-24)15-17-33-27-14-11-22(25-6-2-7-26(30(25)27)31(33)35)19-28(34)23-5-3-16-32(20-23)42(38,39)29-8-4-18-40-29/h2,4,6-8,11,14,18,21,23-24H,3,5,9-10,12-13,15-17,19-20H2,1H3. The smallest absolute Gasteiger partial charge is 0.276 e. The van der Waals surface area contributed by atoms with Gasteiger partial charge < -0.3 is 9.32 Å². The van der Waals surface area contributed by atoms with Crippen LogP contribution in [-0.2, 0) is 31.1 Å². The number of carbonyl (C=O) groups excluding carboxylic acids is 2. The molecule has 2 aliphatic heterocycles. The van der Waals surface area contributed by atoms with Crippen molar-refractivity contribution in [2.45, 2.75) is 61.7 Å². The van der Waals surface area contributed by atoms with Gasteiger partial charge in [-0.2, -0.15) is 4.31 Å². The minimum Gasteiger partial charge on any atom is -0.452 e. The van der Waals surface area contributed by atoms with Gasteiger partial charge in [0.05, 0.1) is 17.2 Å². The van der Waals surface area contributed by atoms with Gasteiger partial charge in [-0.1, -0.05) is 18.2 Å². The van der Waals surface area contributed by atoms with Crippen LogP contribution in [0.3, 0.4) is 0 Å². The first-order chi connectivity index (χ1) is 20.0. The maximum atomic E-state index is 13.5. The summed E-state index contributed by atoms with van der Waals surface area (Å²) >= 11 is 0. The fourth-order valence-electron chi connectivity index (χ4n) is 6.94. The van der Waals surface area contributed by atoms with Crippen LogP contribution in [0.15, 0.2) is 58.2 Å². The second-order valence-electron chi connectivity index (χ2n) is 12.0. The Labute approximate surface area is 246 Å². The lowest BCUT2D eigenvalue weighted by Gasteiger charge is -2.30. The molecule has 3 aromatic rings. The number of sulfonamides is 1. The largest absolute Gasteiger partial charge is 0.452 e. The van der Waals surface area contributed by atoms with Gasteiger partial charge in [0, 0.05) is 49.2 Å². The number of furan rings is 1. The number of piperidine rings is 1. The van der Waals surface area contributed by atoms with Crippen molar-refractivity contribution in [3.63, 3.8) is 0 Å². The van der Waals surface area contributed by atoms with E-state index in [2.05, 4.69) is 0 Å². The van der Waals surface area contributed by atoms with E-state index in [-0.39, 0.29) is 35.0 Å². The normalized spacial score (nSPS) is 23.5. The van der Waals surface area contributed by atoms with E-state index in [0.717, 1.165) is 41.3 Å². The molecule has 3 aliphatic rings. The van der Waals surface area contributed by atoms with Gasteiger partial charge in [0.2, 0.25) is 5.09 Å². The number of amides is 1. The van der Waals surface area contributed by atoms with Crippen LogP contribution in [0.25, 0.3) is 10.8 Å². The molecule has 3 heterocycles. The van der Waals surface area contributed by atoms with Gasteiger partial charge in [-0.15, -0.1) is 0 Å². The van der Waals surface area contributed by atoms with Crippen LogP contribution in [-0.4, -0.2) is 64.0 Å². The van der Waals surface area contributed by atoms with Crippen LogP contribution in [0.4, 0.5) is 5.69 Å². The quantitative estimate of drug-likeness (QED) is 0.346. The summed E-state index contributed by atoms with van der Waals surface area (Å²) in [5.74, 6) is -0.0862. The lowest BCUT2D eigenvalue weighted by atomic mass is 9.86. The number of anilines is 1. The third-order valence-corrected chi connectivity index (χ3v) is 12.8. The molecule has 1 atom stereocenters. The number of hydrogen-bond acceptors (Lipinski definition) is 7.